The molecule has 7 heteroatoms. The number of benzene rings is 1. The van der Waals surface area contributed by atoms with Crippen molar-refractivity contribution >= 4 is 11.6 Å². The Balaban J connectivity index is 2.16. The zero-order chi connectivity index (χ0) is 14.9. The van der Waals surface area contributed by atoms with Crippen molar-refractivity contribution in [3.8, 4) is 6.07 Å². The Labute approximate surface area is 115 Å². The van der Waals surface area contributed by atoms with Gasteiger partial charge in [-0.3, -0.25) is 14.9 Å². The minimum atomic E-state index is -1.15. The van der Waals surface area contributed by atoms with E-state index in [0.29, 0.717) is 5.56 Å². The minimum absolute atomic E-state index is 0.0370. The van der Waals surface area contributed by atoms with Gasteiger partial charge in [-0.15, -0.1) is 0 Å². The van der Waals surface area contributed by atoms with Crippen LogP contribution in [-0.4, -0.2) is 39.5 Å². The monoisotopic (exact) mass is 275 g/mol. The molecule has 1 saturated heterocycles. The number of β-amino-alcohol motifs (C(OH)–C–C–N with tert-alkyl or cyclic N) is 1. The number of nitrogens with zero attached hydrogens (tertiary/aromatic N) is 3. The summed E-state index contributed by atoms with van der Waals surface area (Å²) >= 11 is 0. The van der Waals surface area contributed by atoms with Crippen LogP contribution in [0.5, 0.6) is 0 Å². The van der Waals surface area contributed by atoms with Crippen LogP contribution in [0.25, 0.3) is 0 Å². The van der Waals surface area contributed by atoms with Crippen LogP contribution >= 0.6 is 0 Å². The number of nitro groups is 1. The van der Waals surface area contributed by atoms with Crippen molar-refractivity contribution in [3.05, 3.63) is 39.4 Å². The van der Waals surface area contributed by atoms with Crippen LogP contribution in [0.2, 0.25) is 0 Å². The zero-order valence-corrected chi connectivity index (χ0v) is 10.9. The summed E-state index contributed by atoms with van der Waals surface area (Å²) in [4.78, 5) is 23.8. The summed E-state index contributed by atoms with van der Waals surface area (Å²) in [5, 5.41) is 29.2. The van der Waals surface area contributed by atoms with Crippen LogP contribution in [0.1, 0.15) is 22.3 Å². The number of nitro benzene ring substituents is 1. The Morgan fingerprint density at radius 1 is 1.55 bits per heavy atom. The van der Waals surface area contributed by atoms with Crippen molar-refractivity contribution in [2.24, 2.45) is 0 Å². The molecule has 1 aromatic carbocycles. The fourth-order valence-electron chi connectivity index (χ4n) is 2.24. The highest BCUT2D eigenvalue weighted by Gasteiger charge is 2.43. The van der Waals surface area contributed by atoms with Crippen molar-refractivity contribution in [2.75, 3.05) is 13.1 Å². The second-order valence-corrected chi connectivity index (χ2v) is 5.03. The number of likely N-dealkylation sites (tertiary alicyclic amines) is 1. The molecule has 104 valence electrons. The van der Waals surface area contributed by atoms with Gasteiger partial charge in [0.25, 0.3) is 11.6 Å². The second-order valence-electron chi connectivity index (χ2n) is 5.03. The van der Waals surface area contributed by atoms with E-state index in [-0.39, 0.29) is 36.7 Å². The Bertz CT molecular complexity index is 615. The Kier molecular flexibility index (Phi) is 3.42. The Hall–Kier alpha value is -2.46. The van der Waals surface area contributed by atoms with Crippen LogP contribution < -0.4 is 0 Å². The fourth-order valence-corrected chi connectivity index (χ4v) is 2.24. The molecule has 1 fully saturated rings. The maximum atomic E-state index is 12.2. The predicted molar refractivity (Wildman–Crippen MR) is 68.9 cm³/mol. The number of nitriles is 1. The number of hydrogen-bond acceptors (Lipinski definition) is 5. The van der Waals surface area contributed by atoms with Crippen LogP contribution in [0.4, 0.5) is 5.69 Å². The predicted octanol–water partition coefficient (Wildman–Crippen LogP) is 1.00. The third-order valence-electron chi connectivity index (χ3n) is 3.19. The summed E-state index contributed by atoms with van der Waals surface area (Å²) in [6, 6.07) is 6.04. The van der Waals surface area contributed by atoms with Gasteiger partial charge in [-0.1, -0.05) is 0 Å². The minimum Gasteiger partial charge on any atom is -0.385 e. The molecule has 1 aromatic rings. The average molecular weight is 275 g/mol. The van der Waals surface area contributed by atoms with Crippen LogP contribution in [0, 0.1) is 28.4 Å². The summed E-state index contributed by atoms with van der Waals surface area (Å²) in [5.41, 5.74) is -0.451. The standard InChI is InChI=1S/C13H13N3O4/c1-9-4-10(6-11(5-9)16(19)20)12(17)15-7-13(18,8-15)2-3-14/h4-6,18H,2,7-8H2,1H3. The van der Waals surface area contributed by atoms with Crippen LogP contribution in [0.3, 0.4) is 0 Å². The van der Waals surface area contributed by atoms with E-state index in [1.54, 1.807) is 13.0 Å². The van der Waals surface area contributed by atoms with E-state index in [1.807, 2.05) is 6.07 Å². The number of carbonyl (C=O) groups is 1. The number of amides is 1. The Morgan fingerprint density at radius 2 is 2.20 bits per heavy atom. The summed E-state index contributed by atoms with van der Waals surface area (Å²) in [6.45, 7) is 1.81. The quantitative estimate of drug-likeness (QED) is 0.654. The van der Waals surface area contributed by atoms with Crippen LogP contribution in [-0.2, 0) is 0 Å². The highest BCUT2D eigenvalue weighted by molar-refractivity contribution is 5.95. The van der Waals surface area contributed by atoms with Crippen LogP contribution in [0.15, 0.2) is 18.2 Å². The molecule has 2 rings (SSSR count). The van der Waals surface area contributed by atoms with Gasteiger partial charge in [0.1, 0.15) is 5.60 Å². The van der Waals surface area contributed by atoms with E-state index in [0.717, 1.165) is 0 Å². The molecule has 0 bridgehead atoms. The lowest BCUT2D eigenvalue weighted by Crippen LogP contribution is -2.63. The zero-order valence-electron chi connectivity index (χ0n) is 10.9. The van der Waals surface area contributed by atoms with Gasteiger partial charge < -0.3 is 10.0 Å². The van der Waals surface area contributed by atoms with Gasteiger partial charge in [-0.25, -0.2) is 0 Å². The number of non-ortho nitro benzene ring substituents is 1. The van der Waals surface area contributed by atoms with Crippen molar-refractivity contribution in [2.45, 2.75) is 18.9 Å². The Morgan fingerprint density at radius 3 is 2.75 bits per heavy atom. The molecule has 1 amide bonds. The van der Waals surface area contributed by atoms with E-state index in [1.165, 1.54) is 17.0 Å². The van der Waals surface area contributed by atoms with E-state index < -0.39 is 10.5 Å². The topological polar surface area (TPSA) is 107 Å². The van der Waals surface area contributed by atoms with Crippen molar-refractivity contribution in [1.29, 1.82) is 5.26 Å². The normalized spacial score (nSPS) is 16.1. The first kappa shape index (κ1) is 14.0. The molecule has 0 atom stereocenters. The third-order valence-corrected chi connectivity index (χ3v) is 3.19. The lowest BCUT2D eigenvalue weighted by atomic mass is 9.90. The number of aliphatic hydroxyl groups is 1. The number of carbonyl (C=O) groups excluding carboxylic acids is 1. The molecule has 1 aliphatic rings. The molecular weight excluding hydrogens is 262 g/mol. The van der Waals surface area contributed by atoms with Gasteiger partial charge in [0.15, 0.2) is 0 Å². The molecule has 0 radical (unpaired) electrons. The van der Waals surface area contributed by atoms with Gasteiger partial charge in [-0.05, 0) is 18.6 Å². The van der Waals surface area contributed by atoms with Gasteiger partial charge in [0.05, 0.1) is 30.5 Å². The summed E-state index contributed by atoms with van der Waals surface area (Å²) < 4.78 is 0. The highest BCUT2D eigenvalue weighted by Crippen LogP contribution is 2.27. The maximum absolute atomic E-state index is 12.2. The first-order chi connectivity index (χ1) is 9.34. The smallest absolute Gasteiger partial charge is 0.270 e. The van der Waals surface area contributed by atoms with E-state index in [9.17, 15) is 20.0 Å². The molecule has 20 heavy (non-hydrogen) atoms. The molecule has 0 aromatic heterocycles. The van der Waals surface area contributed by atoms with Gasteiger partial charge in [0, 0.05) is 17.7 Å². The summed E-state index contributed by atoms with van der Waals surface area (Å²) in [5.74, 6) is -0.376. The molecule has 0 spiro atoms. The molecule has 7 nitrogen and oxygen atoms in total. The summed E-state index contributed by atoms with van der Waals surface area (Å²) in [6.07, 6.45) is -0.0370. The fraction of sp³-hybridized carbons (Fsp3) is 0.385. The van der Waals surface area contributed by atoms with E-state index in [4.69, 9.17) is 5.26 Å². The second kappa shape index (κ2) is 4.90. The van der Waals surface area contributed by atoms with E-state index in [2.05, 4.69) is 0 Å². The highest BCUT2D eigenvalue weighted by atomic mass is 16.6. The van der Waals surface area contributed by atoms with Gasteiger partial charge in [-0.2, -0.15) is 5.26 Å². The average Bonchev–Trinajstić information content (AvgIpc) is 2.34. The third kappa shape index (κ3) is 2.60. The molecule has 0 unspecified atom stereocenters. The molecule has 1 aliphatic heterocycles. The molecular formula is C13H13N3O4. The maximum Gasteiger partial charge on any atom is 0.270 e. The number of aryl methyl sites for hydroxylation is 1. The molecule has 1 heterocycles. The first-order valence-corrected chi connectivity index (χ1v) is 5.99. The molecule has 1 N–H and O–H groups in total. The number of rotatable bonds is 3. The lowest BCUT2D eigenvalue weighted by Gasteiger charge is -2.45. The summed E-state index contributed by atoms with van der Waals surface area (Å²) in [7, 11) is 0. The van der Waals surface area contributed by atoms with E-state index >= 15 is 0 Å². The van der Waals surface area contributed by atoms with Crippen molar-refractivity contribution in [1.82, 2.24) is 4.90 Å². The van der Waals surface area contributed by atoms with Crippen molar-refractivity contribution < 1.29 is 14.8 Å². The van der Waals surface area contributed by atoms with Crippen molar-refractivity contribution in [3.63, 3.8) is 0 Å². The van der Waals surface area contributed by atoms with Gasteiger partial charge >= 0.3 is 0 Å². The lowest BCUT2D eigenvalue weighted by molar-refractivity contribution is -0.384. The van der Waals surface area contributed by atoms with Gasteiger partial charge in [0.2, 0.25) is 0 Å². The SMILES string of the molecule is Cc1cc(C(=O)N2CC(O)(CC#N)C2)cc([N+](=O)[O-])c1. The molecule has 0 aliphatic carbocycles. The number of hydrogen-bond donors (Lipinski definition) is 1. The largest absolute Gasteiger partial charge is 0.385 e. The first-order valence-electron chi connectivity index (χ1n) is 5.99. The molecule has 0 saturated carbocycles.